The summed E-state index contributed by atoms with van der Waals surface area (Å²) >= 11 is 3.52. The summed E-state index contributed by atoms with van der Waals surface area (Å²) in [6, 6.07) is 8.47. The van der Waals surface area contributed by atoms with E-state index in [4.69, 9.17) is 4.99 Å². The number of halogens is 2. The van der Waals surface area contributed by atoms with E-state index >= 15 is 0 Å². The number of rotatable bonds is 7. The summed E-state index contributed by atoms with van der Waals surface area (Å²) in [5.74, 6) is 1.65. The van der Waals surface area contributed by atoms with Crippen molar-refractivity contribution in [3.8, 4) is 0 Å². The number of hydrogen-bond donors (Lipinski definition) is 2. The summed E-state index contributed by atoms with van der Waals surface area (Å²) in [6.45, 7) is 5.75. The molecule has 0 saturated carbocycles. The van der Waals surface area contributed by atoms with E-state index in [1.54, 1.807) is 7.05 Å². The number of aliphatic imine (C=N–C) groups is 1. The Kier molecular flexibility index (Phi) is 12.0. The van der Waals surface area contributed by atoms with Crippen molar-refractivity contribution in [2.45, 2.75) is 39.0 Å². The Hall–Kier alpha value is -0.830. The molecule has 0 spiro atoms. The first-order valence-corrected chi connectivity index (χ1v) is 10.4. The second-order valence-corrected chi connectivity index (χ2v) is 7.69. The van der Waals surface area contributed by atoms with Crippen molar-refractivity contribution < 1.29 is 4.79 Å². The predicted octanol–water partition coefficient (Wildman–Crippen LogP) is 3.81. The zero-order chi connectivity index (χ0) is 18.8. The Morgan fingerprint density at radius 2 is 2.07 bits per heavy atom. The molecule has 1 aromatic rings. The summed E-state index contributed by atoms with van der Waals surface area (Å²) < 4.78 is 1.13. The average molecular weight is 551 g/mol. The minimum absolute atomic E-state index is 0. The highest BCUT2D eigenvalue weighted by molar-refractivity contribution is 14.0. The molecule has 2 N–H and O–H groups in total. The van der Waals surface area contributed by atoms with Crippen molar-refractivity contribution in [1.29, 1.82) is 0 Å². The molecule has 2 rings (SSSR count). The maximum atomic E-state index is 11.5. The molecule has 1 heterocycles. The summed E-state index contributed by atoms with van der Waals surface area (Å²) in [5, 5.41) is 6.14. The summed E-state index contributed by atoms with van der Waals surface area (Å²) in [4.78, 5) is 18.7. The van der Waals surface area contributed by atoms with Crippen LogP contribution in [0.2, 0.25) is 0 Å². The number of benzene rings is 1. The number of likely N-dealkylation sites (tertiary alicyclic amines) is 1. The number of nitrogens with one attached hydrogen (secondary N) is 2. The minimum Gasteiger partial charge on any atom is -0.359 e. The quantitative estimate of drug-likeness (QED) is 0.235. The van der Waals surface area contributed by atoms with E-state index in [0.717, 1.165) is 62.3 Å². The maximum absolute atomic E-state index is 11.5. The molecule has 1 fully saturated rings. The molecule has 7 heteroatoms. The number of guanidine groups is 1. The van der Waals surface area contributed by atoms with Crippen LogP contribution >= 0.6 is 39.9 Å². The van der Waals surface area contributed by atoms with E-state index in [2.05, 4.69) is 62.7 Å². The van der Waals surface area contributed by atoms with Gasteiger partial charge in [0, 0.05) is 44.1 Å². The predicted molar refractivity (Wildman–Crippen MR) is 127 cm³/mol. The molecule has 27 heavy (non-hydrogen) atoms. The SMILES string of the molecule is CCNC(=NCCCc1cccc(Br)c1)N1CCC(CC(=O)NC)CC1.I. The van der Waals surface area contributed by atoms with Gasteiger partial charge >= 0.3 is 0 Å². The summed E-state index contributed by atoms with van der Waals surface area (Å²) in [6.07, 6.45) is 4.82. The standard InChI is InChI=1S/C20H31BrN4O.HI/c1-3-23-20(24-11-5-7-16-6-4-8-18(21)14-16)25-12-9-17(10-13-25)15-19(26)22-2;/h4,6,8,14,17H,3,5,7,9-13,15H2,1-2H3,(H,22,26)(H,23,24);1H. The van der Waals surface area contributed by atoms with Gasteiger partial charge in [-0.05, 0) is 56.2 Å². The zero-order valence-electron chi connectivity index (χ0n) is 16.3. The topological polar surface area (TPSA) is 56.7 Å². The van der Waals surface area contributed by atoms with Crippen molar-refractivity contribution in [3.05, 3.63) is 34.3 Å². The van der Waals surface area contributed by atoms with Crippen LogP contribution in [0.4, 0.5) is 0 Å². The van der Waals surface area contributed by atoms with E-state index in [1.165, 1.54) is 5.56 Å². The number of aryl methyl sites for hydroxylation is 1. The lowest BCUT2D eigenvalue weighted by Gasteiger charge is -2.34. The van der Waals surface area contributed by atoms with Gasteiger partial charge in [0.2, 0.25) is 5.91 Å². The fourth-order valence-electron chi connectivity index (χ4n) is 3.30. The Labute approximate surface area is 188 Å². The van der Waals surface area contributed by atoms with Crippen LogP contribution in [0.5, 0.6) is 0 Å². The molecule has 1 saturated heterocycles. The highest BCUT2D eigenvalue weighted by atomic mass is 127. The molecule has 1 amide bonds. The smallest absolute Gasteiger partial charge is 0.220 e. The zero-order valence-corrected chi connectivity index (χ0v) is 20.3. The molecular formula is C20H32BrIN4O. The number of amides is 1. The number of piperidine rings is 1. The molecule has 1 aromatic carbocycles. The summed E-state index contributed by atoms with van der Waals surface area (Å²) in [5.41, 5.74) is 1.34. The lowest BCUT2D eigenvalue weighted by molar-refractivity contribution is -0.121. The highest BCUT2D eigenvalue weighted by Gasteiger charge is 2.22. The minimum atomic E-state index is 0. The second-order valence-electron chi connectivity index (χ2n) is 6.78. The first kappa shape index (κ1) is 24.2. The van der Waals surface area contributed by atoms with E-state index in [-0.39, 0.29) is 29.9 Å². The second kappa shape index (κ2) is 13.4. The Bertz CT molecular complexity index is 603. The van der Waals surface area contributed by atoms with Crippen LogP contribution in [0.1, 0.15) is 38.2 Å². The molecule has 1 aliphatic rings. The summed E-state index contributed by atoms with van der Waals surface area (Å²) in [7, 11) is 1.71. The van der Waals surface area contributed by atoms with Gasteiger partial charge in [0.1, 0.15) is 0 Å². The molecule has 5 nitrogen and oxygen atoms in total. The van der Waals surface area contributed by atoms with Crippen molar-refractivity contribution in [1.82, 2.24) is 15.5 Å². The van der Waals surface area contributed by atoms with Crippen LogP contribution < -0.4 is 10.6 Å². The molecule has 0 radical (unpaired) electrons. The van der Waals surface area contributed by atoms with Gasteiger partial charge in [-0.25, -0.2) is 0 Å². The maximum Gasteiger partial charge on any atom is 0.220 e. The van der Waals surface area contributed by atoms with Gasteiger partial charge in [0.15, 0.2) is 5.96 Å². The van der Waals surface area contributed by atoms with E-state index in [9.17, 15) is 4.79 Å². The first-order valence-electron chi connectivity index (χ1n) is 9.60. The number of carbonyl (C=O) groups excluding carboxylic acids is 1. The van der Waals surface area contributed by atoms with Gasteiger partial charge in [-0.3, -0.25) is 9.79 Å². The van der Waals surface area contributed by atoms with Crippen LogP contribution in [0.25, 0.3) is 0 Å². The van der Waals surface area contributed by atoms with Crippen molar-refractivity contribution in [3.63, 3.8) is 0 Å². The Balaban J connectivity index is 0.00000364. The highest BCUT2D eigenvalue weighted by Crippen LogP contribution is 2.20. The Morgan fingerprint density at radius 3 is 2.70 bits per heavy atom. The largest absolute Gasteiger partial charge is 0.359 e. The number of nitrogens with zero attached hydrogens (tertiary/aromatic N) is 2. The average Bonchev–Trinajstić information content (AvgIpc) is 2.65. The number of carbonyl (C=O) groups is 1. The molecule has 0 atom stereocenters. The van der Waals surface area contributed by atoms with Gasteiger partial charge in [-0.1, -0.05) is 28.1 Å². The molecule has 1 aliphatic heterocycles. The fraction of sp³-hybridized carbons (Fsp3) is 0.600. The monoisotopic (exact) mass is 550 g/mol. The van der Waals surface area contributed by atoms with E-state index in [0.29, 0.717) is 12.3 Å². The van der Waals surface area contributed by atoms with Crippen LogP contribution in [0.15, 0.2) is 33.7 Å². The van der Waals surface area contributed by atoms with E-state index in [1.807, 2.05) is 0 Å². The van der Waals surface area contributed by atoms with Gasteiger partial charge in [0.05, 0.1) is 0 Å². The van der Waals surface area contributed by atoms with Crippen LogP contribution in [-0.4, -0.2) is 50.0 Å². The van der Waals surface area contributed by atoms with Crippen molar-refractivity contribution in [2.24, 2.45) is 10.9 Å². The van der Waals surface area contributed by atoms with Gasteiger partial charge in [-0.15, -0.1) is 24.0 Å². The van der Waals surface area contributed by atoms with Crippen molar-refractivity contribution in [2.75, 3.05) is 33.2 Å². The van der Waals surface area contributed by atoms with Gasteiger partial charge in [-0.2, -0.15) is 0 Å². The normalized spacial score (nSPS) is 15.2. The van der Waals surface area contributed by atoms with Crippen LogP contribution in [0, 0.1) is 5.92 Å². The lowest BCUT2D eigenvalue weighted by Crippen LogP contribution is -2.46. The molecule has 0 aromatic heterocycles. The van der Waals surface area contributed by atoms with E-state index < -0.39 is 0 Å². The third kappa shape index (κ3) is 8.81. The van der Waals surface area contributed by atoms with Crippen LogP contribution in [-0.2, 0) is 11.2 Å². The number of hydrogen-bond acceptors (Lipinski definition) is 2. The molecular weight excluding hydrogens is 519 g/mol. The third-order valence-corrected chi connectivity index (χ3v) is 5.27. The Morgan fingerprint density at radius 1 is 1.33 bits per heavy atom. The first-order chi connectivity index (χ1) is 12.6. The van der Waals surface area contributed by atoms with Crippen LogP contribution in [0.3, 0.4) is 0 Å². The third-order valence-electron chi connectivity index (χ3n) is 4.78. The lowest BCUT2D eigenvalue weighted by atomic mass is 9.93. The van der Waals surface area contributed by atoms with Crippen molar-refractivity contribution >= 4 is 51.8 Å². The van der Waals surface area contributed by atoms with Gasteiger partial charge in [0.25, 0.3) is 0 Å². The molecule has 152 valence electrons. The van der Waals surface area contributed by atoms with Gasteiger partial charge < -0.3 is 15.5 Å². The fourth-order valence-corrected chi connectivity index (χ4v) is 3.75. The molecule has 0 aliphatic carbocycles. The molecule has 0 unspecified atom stereocenters. The molecule has 0 bridgehead atoms.